The molecule has 0 aromatic heterocycles. The molecule has 0 aliphatic carbocycles. The van der Waals surface area contributed by atoms with Gasteiger partial charge in [0.1, 0.15) is 0 Å². The van der Waals surface area contributed by atoms with E-state index in [0.717, 1.165) is 17.6 Å². The lowest BCUT2D eigenvalue weighted by Gasteiger charge is -2.50. The van der Waals surface area contributed by atoms with Crippen molar-refractivity contribution >= 4 is 21.6 Å². The monoisotopic (exact) mass is 312 g/mol. The highest BCUT2D eigenvalue weighted by molar-refractivity contribution is 9.10. The molecule has 1 atom stereocenters. The largest absolute Gasteiger partial charge is 0.395 e. The summed E-state index contributed by atoms with van der Waals surface area (Å²) in [5, 5.41) is 9.54. The highest BCUT2D eigenvalue weighted by atomic mass is 79.9. The molecular formula is C14H21BrN2O. The molecule has 1 heterocycles. The van der Waals surface area contributed by atoms with Gasteiger partial charge in [-0.15, -0.1) is 0 Å². The van der Waals surface area contributed by atoms with Gasteiger partial charge in [-0.2, -0.15) is 0 Å². The fourth-order valence-electron chi connectivity index (χ4n) is 2.56. The van der Waals surface area contributed by atoms with Crippen LogP contribution in [0.2, 0.25) is 0 Å². The van der Waals surface area contributed by atoms with Gasteiger partial charge < -0.3 is 10.0 Å². The number of benzene rings is 1. The third-order valence-corrected chi connectivity index (χ3v) is 4.39. The maximum absolute atomic E-state index is 9.54. The molecule has 1 aliphatic heterocycles. The molecule has 1 aromatic rings. The molecule has 1 aromatic carbocycles. The zero-order chi connectivity index (χ0) is 13.3. The Morgan fingerprint density at radius 3 is 2.78 bits per heavy atom. The van der Waals surface area contributed by atoms with Crippen LogP contribution >= 0.6 is 15.9 Å². The van der Waals surface area contributed by atoms with Crippen LogP contribution in [0.15, 0.2) is 28.7 Å². The lowest BCUT2D eigenvalue weighted by atomic mass is 9.95. The van der Waals surface area contributed by atoms with Gasteiger partial charge in [-0.05, 0) is 39.1 Å². The van der Waals surface area contributed by atoms with Crippen molar-refractivity contribution < 1.29 is 5.11 Å². The molecule has 1 N–H and O–H groups in total. The molecule has 2 rings (SSSR count). The van der Waals surface area contributed by atoms with Gasteiger partial charge in [0.05, 0.1) is 12.6 Å². The lowest BCUT2D eigenvalue weighted by Crippen LogP contribution is -2.63. The van der Waals surface area contributed by atoms with Crippen molar-refractivity contribution in [1.82, 2.24) is 4.90 Å². The zero-order valence-electron chi connectivity index (χ0n) is 11.2. The maximum atomic E-state index is 9.54. The van der Waals surface area contributed by atoms with Gasteiger partial charge in [-0.25, -0.2) is 0 Å². The number of anilines is 1. The minimum absolute atomic E-state index is 0.0635. The van der Waals surface area contributed by atoms with Crippen LogP contribution in [0.4, 0.5) is 5.69 Å². The van der Waals surface area contributed by atoms with E-state index in [1.54, 1.807) is 0 Å². The van der Waals surface area contributed by atoms with E-state index in [1.807, 2.05) is 6.07 Å². The Kier molecular flexibility index (Phi) is 3.99. The van der Waals surface area contributed by atoms with E-state index in [9.17, 15) is 5.11 Å². The second-order valence-electron chi connectivity index (χ2n) is 5.62. The van der Waals surface area contributed by atoms with E-state index in [2.05, 4.69) is 64.8 Å². The molecule has 18 heavy (non-hydrogen) atoms. The number of aliphatic hydroxyl groups is 1. The van der Waals surface area contributed by atoms with Crippen LogP contribution in [0.5, 0.6) is 0 Å². The number of nitrogens with zero attached hydrogens (tertiary/aromatic N) is 2. The topological polar surface area (TPSA) is 26.7 Å². The Morgan fingerprint density at radius 1 is 1.44 bits per heavy atom. The normalized spacial score (nSPS) is 24.3. The Morgan fingerprint density at radius 2 is 2.17 bits per heavy atom. The summed E-state index contributed by atoms with van der Waals surface area (Å²) < 4.78 is 1.09. The van der Waals surface area contributed by atoms with Gasteiger partial charge in [-0.3, -0.25) is 4.90 Å². The molecule has 0 radical (unpaired) electrons. The summed E-state index contributed by atoms with van der Waals surface area (Å²) in [7, 11) is 2.10. The molecule has 1 aliphatic rings. The fourth-order valence-corrected chi connectivity index (χ4v) is 2.95. The van der Waals surface area contributed by atoms with Crippen LogP contribution < -0.4 is 4.90 Å². The molecule has 1 fully saturated rings. The zero-order valence-corrected chi connectivity index (χ0v) is 12.8. The summed E-state index contributed by atoms with van der Waals surface area (Å²) in [6, 6.07) is 8.54. The van der Waals surface area contributed by atoms with Crippen molar-refractivity contribution in [2.75, 3.05) is 31.6 Å². The Balaban J connectivity index is 2.25. The second kappa shape index (κ2) is 5.19. The van der Waals surface area contributed by atoms with Crippen molar-refractivity contribution in [3.05, 3.63) is 28.7 Å². The minimum Gasteiger partial charge on any atom is -0.395 e. The van der Waals surface area contributed by atoms with Gasteiger partial charge in [0.15, 0.2) is 0 Å². The van der Waals surface area contributed by atoms with E-state index >= 15 is 0 Å². The van der Waals surface area contributed by atoms with Crippen molar-refractivity contribution in [3.63, 3.8) is 0 Å². The minimum atomic E-state index is 0.0635. The van der Waals surface area contributed by atoms with Crippen molar-refractivity contribution in [3.8, 4) is 0 Å². The van der Waals surface area contributed by atoms with E-state index < -0.39 is 0 Å². The molecule has 0 amide bonds. The SMILES string of the molecule is CN1C(CO)CN(c2cccc(Br)c2)CC1(C)C. The average Bonchev–Trinajstić information content (AvgIpc) is 2.32. The molecule has 0 saturated carbocycles. The molecule has 100 valence electrons. The molecule has 1 unspecified atom stereocenters. The maximum Gasteiger partial charge on any atom is 0.0604 e. The van der Waals surface area contributed by atoms with Crippen LogP contribution in [-0.2, 0) is 0 Å². The van der Waals surface area contributed by atoms with E-state index in [1.165, 1.54) is 5.69 Å². The summed E-state index contributed by atoms with van der Waals surface area (Å²) in [5.41, 5.74) is 1.28. The standard InChI is InChI=1S/C14H21BrN2O/c1-14(2)10-17(8-13(9-18)16(14)3)12-6-4-5-11(15)7-12/h4-7,13,18H,8-10H2,1-3H3. The molecular weight excluding hydrogens is 292 g/mol. The van der Waals surface area contributed by atoms with E-state index in [-0.39, 0.29) is 18.2 Å². The quantitative estimate of drug-likeness (QED) is 0.908. The first-order chi connectivity index (χ1) is 8.44. The fraction of sp³-hybridized carbons (Fsp3) is 0.571. The first-order valence-electron chi connectivity index (χ1n) is 6.28. The summed E-state index contributed by atoms with van der Waals surface area (Å²) in [4.78, 5) is 4.63. The summed E-state index contributed by atoms with van der Waals surface area (Å²) in [6.45, 7) is 6.48. The van der Waals surface area contributed by atoms with Crippen LogP contribution in [0.1, 0.15) is 13.8 Å². The molecule has 3 nitrogen and oxygen atoms in total. The van der Waals surface area contributed by atoms with Crippen molar-refractivity contribution in [2.45, 2.75) is 25.4 Å². The number of hydrogen-bond acceptors (Lipinski definition) is 3. The smallest absolute Gasteiger partial charge is 0.0604 e. The van der Waals surface area contributed by atoms with Crippen molar-refractivity contribution in [1.29, 1.82) is 0 Å². The molecule has 4 heteroatoms. The Hall–Kier alpha value is -0.580. The summed E-state index contributed by atoms with van der Waals surface area (Å²) in [5.74, 6) is 0. The first kappa shape index (κ1) is 13.8. The van der Waals surface area contributed by atoms with E-state index in [4.69, 9.17) is 0 Å². The second-order valence-corrected chi connectivity index (χ2v) is 6.54. The number of likely N-dealkylation sites (N-methyl/N-ethyl adjacent to an activating group) is 1. The number of halogens is 1. The average molecular weight is 313 g/mol. The van der Waals surface area contributed by atoms with Crippen LogP contribution in [0.25, 0.3) is 0 Å². The Labute approximate surface area is 118 Å². The van der Waals surface area contributed by atoms with Gasteiger partial charge in [-0.1, -0.05) is 22.0 Å². The number of hydrogen-bond donors (Lipinski definition) is 1. The highest BCUT2D eigenvalue weighted by Crippen LogP contribution is 2.28. The first-order valence-corrected chi connectivity index (χ1v) is 7.07. The van der Waals surface area contributed by atoms with Gasteiger partial charge in [0.25, 0.3) is 0 Å². The number of aliphatic hydroxyl groups excluding tert-OH is 1. The summed E-state index contributed by atoms with van der Waals surface area (Å²) >= 11 is 3.51. The number of piperazine rings is 1. The third kappa shape index (κ3) is 2.71. The third-order valence-electron chi connectivity index (χ3n) is 3.90. The lowest BCUT2D eigenvalue weighted by molar-refractivity contribution is 0.0455. The molecule has 1 saturated heterocycles. The van der Waals surface area contributed by atoms with Gasteiger partial charge in [0, 0.05) is 28.8 Å². The molecule has 0 bridgehead atoms. The van der Waals surface area contributed by atoms with E-state index in [0.29, 0.717) is 0 Å². The van der Waals surface area contributed by atoms with Gasteiger partial charge in [0.2, 0.25) is 0 Å². The number of rotatable bonds is 2. The van der Waals surface area contributed by atoms with Crippen LogP contribution in [-0.4, -0.2) is 48.3 Å². The predicted octanol–water partition coefficient (Wildman–Crippen LogP) is 2.34. The Bertz CT molecular complexity index is 422. The predicted molar refractivity (Wildman–Crippen MR) is 79.1 cm³/mol. The molecule has 0 spiro atoms. The van der Waals surface area contributed by atoms with Crippen LogP contribution in [0, 0.1) is 0 Å². The summed E-state index contributed by atoms with van der Waals surface area (Å²) in [6.07, 6.45) is 0. The van der Waals surface area contributed by atoms with Crippen molar-refractivity contribution in [2.24, 2.45) is 0 Å². The van der Waals surface area contributed by atoms with Crippen LogP contribution in [0.3, 0.4) is 0 Å². The highest BCUT2D eigenvalue weighted by Gasteiger charge is 2.37. The van der Waals surface area contributed by atoms with Gasteiger partial charge >= 0.3 is 0 Å².